The number of fused-ring (bicyclic) bond motifs is 1. The number of anilines is 3. The third kappa shape index (κ3) is 24.8. The van der Waals surface area contributed by atoms with E-state index in [4.69, 9.17) is 16.6 Å². The van der Waals surface area contributed by atoms with Gasteiger partial charge in [-0.1, -0.05) is 0 Å². The van der Waals surface area contributed by atoms with Gasteiger partial charge in [-0.3, -0.25) is 38.4 Å². The fourth-order valence-electron chi connectivity index (χ4n) is 7.82. The largest absolute Gasteiger partial charge is 0.481 e. The van der Waals surface area contributed by atoms with Gasteiger partial charge in [0.15, 0.2) is 17.0 Å². The Morgan fingerprint density at radius 1 is 0.425 bits per heavy atom. The third-order valence-corrected chi connectivity index (χ3v) is 12.5. The van der Waals surface area contributed by atoms with Crippen LogP contribution in [0.3, 0.4) is 0 Å². The Labute approximate surface area is 490 Å². The van der Waals surface area contributed by atoms with Crippen LogP contribution in [0.1, 0.15) is 106 Å². The lowest BCUT2D eigenvalue weighted by molar-refractivity contribution is -0.144. The Balaban J connectivity index is 1.44. The van der Waals surface area contributed by atoms with E-state index in [0.717, 1.165) is 0 Å². The second-order valence-electron chi connectivity index (χ2n) is 19.2. The second kappa shape index (κ2) is 34.0. The number of carboxylic acid groups (broad SMARTS) is 8. The summed E-state index contributed by atoms with van der Waals surface area (Å²) in [5.41, 5.74) is 13.1. The highest BCUT2D eigenvalue weighted by Crippen LogP contribution is 2.19. The molecule has 0 unspecified atom stereocenters. The molecular formula is C50H64N14O23. The van der Waals surface area contributed by atoms with Gasteiger partial charge < -0.3 is 94.4 Å². The predicted octanol–water partition coefficient (Wildman–Crippen LogP) is -3.63. The fourth-order valence-corrected chi connectivity index (χ4v) is 7.82. The van der Waals surface area contributed by atoms with Crippen molar-refractivity contribution >= 4 is 118 Å². The lowest BCUT2D eigenvalue weighted by Crippen LogP contribution is -2.46. The molecule has 3 rings (SSSR count). The molecule has 2 aromatic heterocycles. The number of aromatic nitrogens is 4. The van der Waals surface area contributed by atoms with Crippen LogP contribution in [-0.2, 0) is 73.7 Å². The summed E-state index contributed by atoms with van der Waals surface area (Å²) < 4.78 is 0. The summed E-state index contributed by atoms with van der Waals surface area (Å²) in [7, 11) is 1.72. The van der Waals surface area contributed by atoms with Crippen molar-refractivity contribution in [3.05, 3.63) is 41.7 Å². The van der Waals surface area contributed by atoms with Gasteiger partial charge in [0.05, 0.1) is 18.4 Å². The molecular weight excluding hydrogens is 1160 g/mol. The molecule has 87 heavy (non-hydrogen) atoms. The van der Waals surface area contributed by atoms with Crippen molar-refractivity contribution in [2.24, 2.45) is 0 Å². The molecule has 2 heterocycles. The monoisotopic (exact) mass is 1230 g/mol. The molecule has 19 N–H and O–H groups in total. The summed E-state index contributed by atoms with van der Waals surface area (Å²) in [6.07, 6.45) is -7.44. The highest BCUT2D eigenvalue weighted by atomic mass is 16.4. The number of carbonyl (C=O) groups excluding carboxylic acids is 7. The molecule has 1 aromatic carbocycles. The van der Waals surface area contributed by atoms with Crippen LogP contribution in [-0.4, -0.2) is 199 Å². The second-order valence-corrected chi connectivity index (χ2v) is 19.2. The van der Waals surface area contributed by atoms with Crippen LogP contribution in [0.2, 0.25) is 0 Å². The molecule has 0 bridgehead atoms. The van der Waals surface area contributed by atoms with E-state index in [1.165, 1.54) is 18.3 Å². The Bertz CT molecular complexity index is 3090. The Morgan fingerprint density at radius 3 is 1.02 bits per heavy atom. The van der Waals surface area contributed by atoms with Crippen molar-refractivity contribution in [3.63, 3.8) is 0 Å². The van der Waals surface area contributed by atoms with Crippen molar-refractivity contribution < 1.29 is 113 Å². The fraction of sp³-hybridized carbons (Fsp3) is 0.460. The van der Waals surface area contributed by atoms with E-state index >= 15 is 0 Å². The quantitative estimate of drug-likeness (QED) is 0.0262. The number of nitrogens with one attached hydrogen (secondary N) is 7. The van der Waals surface area contributed by atoms with Crippen LogP contribution in [0, 0.1) is 0 Å². The first-order valence-corrected chi connectivity index (χ1v) is 26.1. The van der Waals surface area contributed by atoms with E-state index in [2.05, 4.69) is 35.9 Å². The number of carbonyl (C=O) groups is 15. The van der Waals surface area contributed by atoms with Crippen LogP contribution in [0.15, 0.2) is 30.5 Å². The van der Waals surface area contributed by atoms with E-state index in [0.29, 0.717) is 11.4 Å². The first-order valence-electron chi connectivity index (χ1n) is 26.1. The zero-order valence-corrected chi connectivity index (χ0v) is 46.1. The van der Waals surface area contributed by atoms with Gasteiger partial charge in [0, 0.05) is 63.2 Å². The summed E-state index contributed by atoms with van der Waals surface area (Å²) >= 11 is 0. The Hall–Kier alpha value is -10.9. The number of hydrogen-bond donors (Lipinski definition) is 17. The minimum Gasteiger partial charge on any atom is -0.481 e. The summed E-state index contributed by atoms with van der Waals surface area (Å²) in [6.45, 7) is 0.232. The zero-order valence-electron chi connectivity index (χ0n) is 46.1. The van der Waals surface area contributed by atoms with Crippen molar-refractivity contribution in [2.45, 2.75) is 139 Å². The molecule has 7 atom stereocenters. The van der Waals surface area contributed by atoms with E-state index in [1.807, 2.05) is 21.3 Å². The number of nitrogen functional groups attached to an aromatic ring is 2. The molecule has 0 saturated carbocycles. The summed E-state index contributed by atoms with van der Waals surface area (Å²) in [5.74, 6) is -19.8. The number of carboxylic acids is 8. The summed E-state index contributed by atoms with van der Waals surface area (Å²) in [4.78, 5) is 201. The van der Waals surface area contributed by atoms with Gasteiger partial charge in [-0.25, -0.2) is 43.5 Å². The topological polar surface area (TPSA) is 609 Å². The molecule has 37 nitrogen and oxygen atoms in total. The van der Waals surface area contributed by atoms with E-state index < -0.39 is 221 Å². The molecule has 0 aliphatic carbocycles. The maximum atomic E-state index is 13.0. The van der Waals surface area contributed by atoms with E-state index in [9.17, 15) is 108 Å². The maximum Gasteiger partial charge on any atom is 0.326 e. The molecule has 0 aliphatic heterocycles. The average molecular weight is 1230 g/mol. The molecule has 0 spiro atoms. The number of hydrogen-bond acceptors (Lipinski definition) is 22. The zero-order chi connectivity index (χ0) is 65.2. The van der Waals surface area contributed by atoms with Gasteiger partial charge in [-0.2, -0.15) is 9.97 Å². The Morgan fingerprint density at radius 2 is 0.724 bits per heavy atom. The lowest BCUT2D eigenvalue weighted by atomic mass is 10.1. The minimum absolute atomic E-state index is 0.0410. The number of amides is 7. The minimum atomic E-state index is -1.82. The number of rotatable bonds is 39. The highest BCUT2D eigenvalue weighted by Gasteiger charge is 2.30. The maximum absolute atomic E-state index is 13.0. The van der Waals surface area contributed by atoms with Crippen molar-refractivity contribution in [1.82, 2.24) is 57.2 Å². The van der Waals surface area contributed by atoms with E-state index in [-0.39, 0.29) is 35.0 Å². The number of nitrogens with zero attached hydrogens (tertiary/aromatic N) is 5. The normalized spacial score (nSPS) is 13.3. The van der Waals surface area contributed by atoms with Gasteiger partial charge in [0.2, 0.25) is 41.4 Å². The Kier molecular flexibility index (Phi) is 27.5. The van der Waals surface area contributed by atoms with Gasteiger partial charge in [0.1, 0.15) is 42.3 Å². The molecule has 472 valence electrons. The molecule has 0 fully saturated rings. The van der Waals surface area contributed by atoms with E-state index in [1.54, 1.807) is 24.1 Å². The van der Waals surface area contributed by atoms with Gasteiger partial charge in [0.25, 0.3) is 5.91 Å². The van der Waals surface area contributed by atoms with Crippen LogP contribution < -0.4 is 53.6 Å². The van der Waals surface area contributed by atoms with Gasteiger partial charge in [-0.15, -0.1) is 0 Å². The first-order chi connectivity index (χ1) is 40.8. The first kappa shape index (κ1) is 70.4. The highest BCUT2D eigenvalue weighted by molar-refractivity contribution is 5.97. The SMILES string of the molecule is CN(Cc1cnc2nc(N)nc(N)c2n1)c1ccc(C(=O)N[C@@H](CCC(=O)N[C@@H](CCC(=O)N[C@@H](CCC(=O)N[C@@H](CCC(=O)N[C@@H](CCC(=O)N[C@@H](CCC(=O)N[C@@H](CCC(=O)O)C(=O)O)C(=O)O)C(=O)O)C(=O)O)C(=O)O)C(=O)O)C(=O)O)cc1. The molecule has 37 heteroatoms. The molecule has 0 aliphatic rings. The van der Waals surface area contributed by atoms with Gasteiger partial charge >= 0.3 is 47.8 Å². The third-order valence-electron chi connectivity index (χ3n) is 12.5. The number of aliphatic carboxylic acids is 8. The average Bonchev–Trinajstić information content (AvgIpc) is 1.78. The van der Waals surface area contributed by atoms with Crippen LogP contribution >= 0.6 is 0 Å². The smallest absolute Gasteiger partial charge is 0.326 e. The van der Waals surface area contributed by atoms with Crippen molar-refractivity contribution in [1.29, 1.82) is 0 Å². The van der Waals surface area contributed by atoms with Gasteiger partial charge in [-0.05, 0) is 69.2 Å². The van der Waals surface area contributed by atoms with Crippen LogP contribution in [0.5, 0.6) is 0 Å². The summed E-state index contributed by atoms with van der Waals surface area (Å²) in [5, 5.41) is 90.6. The van der Waals surface area contributed by atoms with Crippen molar-refractivity contribution in [2.75, 3.05) is 23.4 Å². The molecule has 7 amide bonds. The molecule has 3 aromatic rings. The molecule has 0 radical (unpaired) electrons. The van der Waals surface area contributed by atoms with Crippen LogP contribution in [0.4, 0.5) is 17.5 Å². The number of nitrogens with two attached hydrogens (primary N) is 2. The van der Waals surface area contributed by atoms with Crippen LogP contribution in [0.25, 0.3) is 11.2 Å². The lowest BCUT2D eigenvalue weighted by Gasteiger charge is -2.20. The molecule has 0 saturated heterocycles. The number of benzene rings is 1. The standard InChI is InChI=1S/C50H64N14O23/c1-64(21-23-20-53-41-39(54-23)40(51)62-50(52)63-41)24-4-2-22(3-5-24)42(73)61-31(49(86)87)11-18-37(70)59-29(47(82)83)9-16-35(68)57-27(45(78)79)7-14-33(66)55-25(43(74)75)6-13-32(65)56-26(44(76)77)8-15-34(67)58-28(46(80)81)10-17-36(69)60-30(48(84)85)12-19-38(71)72/h2-5,20,25-31H,6-19,21H2,1H3,(H,55,66)(H,56,65)(H,57,68)(H,58,67)(H,59,70)(H,60,69)(H,61,73)(H,71,72)(H,74,75)(H,76,77)(H,78,79)(H,80,81)(H,82,83)(H,84,85)(H,86,87)(H4,51,52,53,62,63)/t25-,26-,27-,28-,29-,30-,31-/m0/s1. The summed E-state index contributed by atoms with van der Waals surface area (Å²) in [6, 6.07) is -6.17. The predicted molar refractivity (Wildman–Crippen MR) is 291 cm³/mol. The van der Waals surface area contributed by atoms with Crippen molar-refractivity contribution in [3.8, 4) is 0 Å².